The van der Waals surface area contributed by atoms with Crippen LogP contribution in [-0.4, -0.2) is 28.9 Å². The summed E-state index contributed by atoms with van der Waals surface area (Å²) >= 11 is 6.35. The summed E-state index contributed by atoms with van der Waals surface area (Å²) in [6.07, 6.45) is 6.86. The zero-order valence-corrected chi connectivity index (χ0v) is 25.5. The summed E-state index contributed by atoms with van der Waals surface area (Å²) < 4.78 is 5.51. The molecule has 7 nitrogen and oxygen atoms in total. The minimum Gasteiger partial charge on any atom is -0.335 e. The molecular weight excluding hydrogens is 556 g/mol. The molecule has 6 rings (SSSR count). The van der Waals surface area contributed by atoms with Crippen LogP contribution in [0.5, 0.6) is 0 Å². The third kappa shape index (κ3) is 5.04. The van der Waals surface area contributed by atoms with E-state index in [1.807, 2.05) is 83.2 Å². The van der Waals surface area contributed by atoms with Crippen molar-refractivity contribution >= 4 is 22.5 Å². The van der Waals surface area contributed by atoms with Crippen molar-refractivity contribution in [2.24, 2.45) is 19.5 Å². The lowest BCUT2D eigenvalue weighted by Gasteiger charge is -2.35. The number of imidazole rings is 1. The van der Waals surface area contributed by atoms with Gasteiger partial charge in [0.2, 0.25) is 0 Å². The molecule has 0 fully saturated rings. The Hall–Kier alpha value is -4.93. The van der Waals surface area contributed by atoms with Crippen molar-refractivity contribution in [3.8, 4) is 23.0 Å². The quantitative estimate of drug-likeness (QED) is 0.219. The fourth-order valence-corrected chi connectivity index (χ4v) is 5.70. The summed E-state index contributed by atoms with van der Waals surface area (Å²) in [5, 5.41) is 6.21. The molecule has 6 aromatic rings. The van der Waals surface area contributed by atoms with E-state index in [9.17, 15) is 4.79 Å². The Morgan fingerprint density at radius 1 is 0.860 bits per heavy atom. The Morgan fingerprint density at radius 3 is 2.30 bits per heavy atom. The van der Waals surface area contributed by atoms with Gasteiger partial charge in [-0.05, 0) is 79.4 Å². The fourth-order valence-electron chi connectivity index (χ4n) is 5.57. The molecule has 0 spiro atoms. The molecule has 0 saturated heterocycles. The highest BCUT2D eigenvalue weighted by atomic mass is 35.5. The Balaban J connectivity index is 1.68. The van der Waals surface area contributed by atoms with E-state index in [2.05, 4.69) is 53.7 Å². The van der Waals surface area contributed by atoms with E-state index >= 15 is 0 Å². The highest BCUT2D eigenvalue weighted by molar-refractivity contribution is 6.30. The largest absolute Gasteiger partial charge is 0.335 e. The van der Waals surface area contributed by atoms with Gasteiger partial charge in [0.25, 0.3) is 5.56 Å². The molecule has 214 valence electrons. The number of hydrogen-bond acceptors (Lipinski definition) is 4. The van der Waals surface area contributed by atoms with Crippen LogP contribution in [0.25, 0.3) is 22.0 Å². The van der Waals surface area contributed by atoms with E-state index in [1.54, 1.807) is 30.3 Å². The van der Waals surface area contributed by atoms with Crippen molar-refractivity contribution in [3.63, 3.8) is 0 Å². The molecule has 0 saturated carbocycles. The minimum absolute atomic E-state index is 0.0895. The maximum atomic E-state index is 13.2. The van der Waals surface area contributed by atoms with Crippen molar-refractivity contribution in [1.29, 1.82) is 0 Å². The van der Waals surface area contributed by atoms with Crippen LogP contribution < -0.4 is 5.56 Å². The second-order valence-electron chi connectivity index (χ2n) is 11.7. The first-order chi connectivity index (χ1) is 20.6. The number of hydrogen-bond donors (Lipinski definition) is 0. The van der Waals surface area contributed by atoms with Gasteiger partial charge in [0.1, 0.15) is 12.7 Å². The van der Waals surface area contributed by atoms with Gasteiger partial charge in [0.15, 0.2) is 5.54 Å². The maximum absolute atomic E-state index is 13.2. The van der Waals surface area contributed by atoms with Gasteiger partial charge in [-0.1, -0.05) is 53.8 Å². The van der Waals surface area contributed by atoms with Crippen LogP contribution in [0.15, 0.2) is 103 Å². The van der Waals surface area contributed by atoms with Gasteiger partial charge < -0.3 is 9.13 Å². The molecule has 0 N–H and O–H groups in total. The molecule has 8 heteroatoms. The summed E-state index contributed by atoms with van der Waals surface area (Å²) in [6.45, 7) is 6.26. The second-order valence-corrected chi connectivity index (χ2v) is 12.2. The molecule has 3 aromatic carbocycles. The summed E-state index contributed by atoms with van der Waals surface area (Å²) in [7, 11) is 3.76. The third-order valence-corrected chi connectivity index (χ3v) is 7.88. The van der Waals surface area contributed by atoms with E-state index in [0.29, 0.717) is 5.02 Å². The number of aryl methyl sites for hydroxylation is 2. The lowest BCUT2D eigenvalue weighted by Crippen LogP contribution is -2.40. The monoisotopic (exact) mass is 586 g/mol. The molecule has 0 aliphatic heterocycles. The lowest BCUT2D eigenvalue weighted by molar-refractivity contribution is 0.435. The van der Waals surface area contributed by atoms with Crippen LogP contribution in [-0.2, 0) is 19.6 Å². The van der Waals surface area contributed by atoms with Crippen molar-refractivity contribution in [2.45, 2.75) is 26.3 Å². The number of fused-ring (bicyclic) bond motifs is 1. The number of pyridine rings is 1. The predicted molar refractivity (Wildman–Crippen MR) is 171 cm³/mol. The molecule has 0 amide bonds. The topological polar surface area (TPSA) is 70.5 Å². The molecule has 3 aromatic heterocycles. The van der Waals surface area contributed by atoms with Crippen LogP contribution in [0.2, 0.25) is 5.02 Å². The molecular formula is C35H31ClN6O. The molecule has 1 atom stereocenters. The molecule has 1 unspecified atom stereocenters. The minimum atomic E-state index is -0.952. The molecule has 0 radical (unpaired) electrons. The van der Waals surface area contributed by atoms with E-state index in [0.717, 1.165) is 44.4 Å². The van der Waals surface area contributed by atoms with E-state index in [4.69, 9.17) is 11.6 Å². The second kappa shape index (κ2) is 10.7. The highest BCUT2D eigenvalue weighted by Gasteiger charge is 2.42. The van der Waals surface area contributed by atoms with E-state index in [-0.39, 0.29) is 11.0 Å². The maximum Gasteiger partial charge on any atom is 0.251 e. The number of benzene rings is 3. The zero-order chi connectivity index (χ0) is 30.4. The van der Waals surface area contributed by atoms with Gasteiger partial charge in [-0.25, -0.2) is 14.6 Å². The van der Waals surface area contributed by atoms with Gasteiger partial charge in [-0.2, -0.15) is 5.10 Å². The van der Waals surface area contributed by atoms with Crippen molar-refractivity contribution in [1.82, 2.24) is 28.9 Å². The van der Waals surface area contributed by atoms with Gasteiger partial charge in [-0.3, -0.25) is 4.79 Å². The SMILES string of the molecule is Cn1cncc1C(c1ccc(Cl)cc1)(c1ccc2c(c1)c(-c1cccc(C#CC(C)(C)C)c1)cc(=O)n2C)n1cncn1. The first-order valence-corrected chi connectivity index (χ1v) is 14.3. The van der Waals surface area contributed by atoms with Gasteiger partial charge in [-0.15, -0.1) is 0 Å². The number of nitrogens with zero attached hydrogens (tertiary/aromatic N) is 6. The number of aromatic nitrogens is 6. The van der Waals surface area contributed by atoms with Gasteiger partial charge >= 0.3 is 0 Å². The average Bonchev–Trinajstić information content (AvgIpc) is 3.68. The Labute approximate surface area is 255 Å². The Bertz CT molecular complexity index is 2070. The van der Waals surface area contributed by atoms with Crippen LogP contribution >= 0.6 is 11.6 Å². The summed E-state index contributed by atoms with van der Waals surface area (Å²) in [5.74, 6) is 6.61. The van der Waals surface area contributed by atoms with Crippen molar-refractivity contribution < 1.29 is 0 Å². The molecule has 0 bridgehead atoms. The summed E-state index contributed by atoms with van der Waals surface area (Å²) in [4.78, 5) is 22.0. The van der Waals surface area contributed by atoms with Gasteiger partial charge in [0, 0.05) is 41.5 Å². The normalized spacial score (nSPS) is 13.0. The van der Waals surface area contributed by atoms with Crippen LogP contribution in [0.3, 0.4) is 0 Å². The number of halogens is 1. The van der Waals surface area contributed by atoms with E-state index in [1.165, 1.54) is 6.33 Å². The standard InChI is InChI=1S/C35H31ClN6O/c1-34(2,3)16-15-24-7-6-8-25(17-24)29-19-33(43)41(5)31-14-11-27(18-30(29)31)35(42-23-38-21-39-42,32-20-37-22-40(32)4)26-9-12-28(36)13-10-26/h6-14,17-23H,1-5H3. The van der Waals surface area contributed by atoms with Crippen LogP contribution in [0.1, 0.15) is 43.2 Å². The van der Waals surface area contributed by atoms with Crippen molar-refractivity contribution in [3.05, 3.63) is 136 Å². The van der Waals surface area contributed by atoms with Crippen LogP contribution in [0.4, 0.5) is 0 Å². The first kappa shape index (κ1) is 28.2. The molecule has 0 aliphatic carbocycles. The third-order valence-electron chi connectivity index (χ3n) is 7.63. The average molecular weight is 587 g/mol. The van der Waals surface area contributed by atoms with Crippen molar-refractivity contribution in [2.75, 3.05) is 0 Å². The summed E-state index contributed by atoms with van der Waals surface area (Å²) in [6, 6.07) is 23.7. The Morgan fingerprint density at radius 2 is 1.63 bits per heavy atom. The predicted octanol–water partition coefficient (Wildman–Crippen LogP) is 6.42. The highest BCUT2D eigenvalue weighted by Crippen LogP contribution is 2.42. The molecule has 3 heterocycles. The lowest BCUT2D eigenvalue weighted by atomic mass is 9.79. The zero-order valence-electron chi connectivity index (χ0n) is 24.7. The summed E-state index contributed by atoms with van der Waals surface area (Å²) in [5.41, 5.74) is 5.00. The molecule has 43 heavy (non-hydrogen) atoms. The first-order valence-electron chi connectivity index (χ1n) is 13.9. The smallest absolute Gasteiger partial charge is 0.251 e. The van der Waals surface area contributed by atoms with Gasteiger partial charge in [0.05, 0.1) is 23.7 Å². The number of rotatable bonds is 5. The Kier molecular flexibility index (Phi) is 7.03. The molecule has 0 aliphatic rings. The van der Waals surface area contributed by atoms with E-state index < -0.39 is 5.54 Å². The van der Waals surface area contributed by atoms with Crippen LogP contribution in [0, 0.1) is 17.3 Å². The fraction of sp³-hybridized carbons (Fsp3) is 0.200.